The summed E-state index contributed by atoms with van der Waals surface area (Å²) >= 11 is 0. The van der Waals surface area contributed by atoms with Gasteiger partial charge in [-0.3, -0.25) is 0 Å². The van der Waals surface area contributed by atoms with Gasteiger partial charge in [0.1, 0.15) is 0 Å². The Morgan fingerprint density at radius 1 is 0.341 bits per heavy atom. The lowest BCUT2D eigenvalue weighted by Gasteiger charge is -2.14. The molecule has 7 aromatic rings. The SMILES string of the molecule is C.c1ccc(-c2cc(-c3cccc(-c4nc(-c5ccccc5)nc(-c5ccccc5)n4)c3)c3c(c2)-c2ccccc2C3)cc1. The van der Waals surface area contributed by atoms with E-state index in [0.29, 0.717) is 17.5 Å². The first-order valence-electron chi connectivity index (χ1n) is 14.6. The number of nitrogens with zero attached hydrogens (tertiary/aromatic N) is 3. The Labute approximate surface area is 258 Å². The zero-order valence-electron chi connectivity index (χ0n) is 23.5. The summed E-state index contributed by atoms with van der Waals surface area (Å²) in [6, 6.07) is 53.0. The molecule has 3 heteroatoms. The lowest BCUT2D eigenvalue weighted by molar-refractivity contribution is 1.07. The van der Waals surface area contributed by atoms with Gasteiger partial charge in [-0.05, 0) is 69.1 Å². The van der Waals surface area contributed by atoms with Crippen molar-refractivity contribution in [3.05, 3.63) is 163 Å². The summed E-state index contributed by atoms with van der Waals surface area (Å²) < 4.78 is 0. The lowest BCUT2D eigenvalue weighted by atomic mass is 9.90. The molecule has 1 heterocycles. The van der Waals surface area contributed by atoms with Crippen LogP contribution in [0, 0.1) is 0 Å². The monoisotopic (exact) mass is 565 g/mol. The summed E-state index contributed by atoms with van der Waals surface area (Å²) in [6.07, 6.45) is 0.919. The van der Waals surface area contributed by atoms with Crippen LogP contribution >= 0.6 is 0 Å². The first-order valence-corrected chi connectivity index (χ1v) is 14.6. The third-order valence-corrected chi connectivity index (χ3v) is 8.16. The van der Waals surface area contributed by atoms with Crippen molar-refractivity contribution in [1.82, 2.24) is 15.0 Å². The van der Waals surface area contributed by atoms with Gasteiger partial charge in [0.15, 0.2) is 17.5 Å². The molecule has 210 valence electrons. The van der Waals surface area contributed by atoms with Crippen molar-refractivity contribution in [3.8, 4) is 67.5 Å². The predicted octanol–water partition coefficient (Wildman–Crippen LogP) is 10.4. The molecule has 0 aliphatic heterocycles. The smallest absolute Gasteiger partial charge is 0.164 e. The van der Waals surface area contributed by atoms with Crippen molar-refractivity contribution in [2.75, 3.05) is 0 Å². The van der Waals surface area contributed by atoms with Crippen molar-refractivity contribution in [2.24, 2.45) is 0 Å². The summed E-state index contributed by atoms with van der Waals surface area (Å²) in [5.74, 6) is 1.99. The number of rotatable bonds is 5. The molecule has 0 N–H and O–H groups in total. The summed E-state index contributed by atoms with van der Waals surface area (Å²) in [5.41, 5.74) is 13.1. The van der Waals surface area contributed by atoms with Gasteiger partial charge in [0, 0.05) is 16.7 Å². The molecule has 0 bridgehead atoms. The van der Waals surface area contributed by atoms with E-state index >= 15 is 0 Å². The van der Waals surface area contributed by atoms with Crippen LogP contribution in [-0.2, 0) is 6.42 Å². The lowest BCUT2D eigenvalue weighted by Crippen LogP contribution is -2.00. The predicted molar refractivity (Wildman–Crippen MR) is 182 cm³/mol. The van der Waals surface area contributed by atoms with Crippen molar-refractivity contribution in [2.45, 2.75) is 13.8 Å². The number of hydrogen-bond donors (Lipinski definition) is 0. The summed E-state index contributed by atoms with van der Waals surface area (Å²) in [5, 5.41) is 0. The molecule has 1 aromatic heterocycles. The standard InChI is InChI=1S/C40H27N3.CH4/c1-4-13-27(14-5-1)33-25-35(37-24-31-19-10-11-22-34(31)36(37)26-33)30-20-12-21-32(23-30)40-42-38(28-15-6-2-7-16-28)41-39(43-40)29-17-8-3-9-18-29;/h1-23,25-26H,24H2;1H4. The van der Waals surface area contributed by atoms with Crippen LogP contribution in [-0.4, -0.2) is 15.0 Å². The van der Waals surface area contributed by atoms with E-state index in [1.165, 1.54) is 38.9 Å². The third-order valence-electron chi connectivity index (χ3n) is 8.16. The second-order valence-corrected chi connectivity index (χ2v) is 10.9. The molecule has 0 saturated carbocycles. The second-order valence-electron chi connectivity index (χ2n) is 10.9. The number of aromatic nitrogens is 3. The fraction of sp³-hybridized carbons (Fsp3) is 0.0488. The van der Waals surface area contributed by atoms with Crippen molar-refractivity contribution in [1.29, 1.82) is 0 Å². The molecule has 0 atom stereocenters. The highest BCUT2D eigenvalue weighted by Crippen LogP contribution is 2.44. The van der Waals surface area contributed by atoms with E-state index < -0.39 is 0 Å². The third kappa shape index (κ3) is 4.99. The van der Waals surface area contributed by atoms with Gasteiger partial charge in [-0.1, -0.05) is 141 Å². The van der Waals surface area contributed by atoms with E-state index in [4.69, 9.17) is 15.0 Å². The van der Waals surface area contributed by atoms with Crippen molar-refractivity contribution < 1.29 is 0 Å². The highest BCUT2D eigenvalue weighted by Gasteiger charge is 2.23. The van der Waals surface area contributed by atoms with E-state index in [1.54, 1.807) is 0 Å². The minimum atomic E-state index is 0. The van der Waals surface area contributed by atoms with E-state index in [1.807, 2.05) is 60.7 Å². The number of benzene rings is 6. The largest absolute Gasteiger partial charge is 0.208 e. The molecule has 8 rings (SSSR count). The zero-order valence-corrected chi connectivity index (χ0v) is 23.5. The molecular weight excluding hydrogens is 534 g/mol. The Balaban J connectivity index is 0.00000312. The van der Waals surface area contributed by atoms with Gasteiger partial charge in [-0.15, -0.1) is 0 Å². The van der Waals surface area contributed by atoms with Gasteiger partial charge < -0.3 is 0 Å². The van der Waals surface area contributed by atoms with Crippen molar-refractivity contribution >= 4 is 0 Å². The van der Waals surface area contributed by atoms with Crippen LogP contribution in [0.1, 0.15) is 18.6 Å². The van der Waals surface area contributed by atoms with E-state index in [0.717, 1.165) is 28.7 Å². The van der Waals surface area contributed by atoms with Gasteiger partial charge in [0.2, 0.25) is 0 Å². The van der Waals surface area contributed by atoms with E-state index in [2.05, 4.69) is 91.0 Å². The van der Waals surface area contributed by atoms with Crippen LogP contribution in [0.5, 0.6) is 0 Å². The fourth-order valence-corrected chi connectivity index (χ4v) is 6.05. The molecule has 3 nitrogen and oxygen atoms in total. The highest BCUT2D eigenvalue weighted by molar-refractivity contribution is 5.90. The molecule has 0 radical (unpaired) electrons. The normalized spacial score (nSPS) is 11.4. The van der Waals surface area contributed by atoms with Crippen LogP contribution < -0.4 is 0 Å². The second kappa shape index (κ2) is 11.5. The Hall–Kier alpha value is -5.67. The molecule has 0 spiro atoms. The van der Waals surface area contributed by atoms with Crippen LogP contribution in [0.15, 0.2) is 152 Å². The minimum Gasteiger partial charge on any atom is -0.208 e. The average Bonchev–Trinajstić information content (AvgIpc) is 3.48. The van der Waals surface area contributed by atoms with Gasteiger partial charge in [-0.25, -0.2) is 15.0 Å². The molecule has 0 fully saturated rings. The average molecular weight is 566 g/mol. The summed E-state index contributed by atoms with van der Waals surface area (Å²) in [6.45, 7) is 0. The quantitative estimate of drug-likeness (QED) is 0.208. The van der Waals surface area contributed by atoms with Crippen LogP contribution in [0.2, 0.25) is 0 Å². The molecule has 6 aromatic carbocycles. The number of fused-ring (bicyclic) bond motifs is 3. The first kappa shape index (κ1) is 27.2. The fourth-order valence-electron chi connectivity index (χ4n) is 6.05. The first-order chi connectivity index (χ1) is 21.3. The van der Waals surface area contributed by atoms with E-state index in [9.17, 15) is 0 Å². The summed E-state index contributed by atoms with van der Waals surface area (Å²) in [4.78, 5) is 14.8. The molecule has 44 heavy (non-hydrogen) atoms. The topological polar surface area (TPSA) is 38.7 Å². The Bertz CT molecular complexity index is 2030. The molecular formula is C41H31N3. The molecule has 1 aliphatic rings. The molecule has 0 saturated heterocycles. The maximum atomic E-state index is 4.98. The minimum absolute atomic E-state index is 0. The highest BCUT2D eigenvalue weighted by atomic mass is 15.0. The van der Waals surface area contributed by atoms with Gasteiger partial charge in [0.25, 0.3) is 0 Å². The zero-order chi connectivity index (χ0) is 28.6. The van der Waals surface area contributed by atoms with E-state index in [-0.39, 0.29) is 7.43 Å². The van der Waals surface area contributed by atoms with Crippen molar-refractivity contribution in [3.63, 3.8) is 0 Å². The van der Waals surface area contributed by atoms with Crippen LogP contribution in [0.4, 0.5) is 0 Å². The number of hydrogen-bond acceptors (Lipinski definition) is 3. The molecule has 0 amide bonds. The molecule has 0 unspecified atom stereocenters. The van der Waals surface area contributed by atoms with Crippen LogP contribution in [0.3, 0.4) is 0 Å². The van der Waals surface area contributed by atoms with Gasteiger partial charge in [0.05, 0.1) is 0 Å². The molecule has 1 aliphatic carbocycles. The maximum absolute atomic E-state index is 4.98. The summed E-state index contributed by atoms with van der Waals surface area (Å²) in [7, 11) is 0. The Kier molecular flexibility index (Phi) is 7.13. The van der Waals surface area contributed by atoms with Gasteiger partial charge in [-0.2, -0.15) is 0 Å². The van der Waals surface area contributed by atoms with Crippen LogP contribution in [0.25, 0.3) is 67.5 Å². The maximum Gasteiger partial charge on any atom is 0.164 e. The Morgan fingerprint density at radius 3 is 1.45 bits per heavy atom. The van der Waals surface area contributed by atoms with Gasteiger partial charge >= 0.3 is 0 Å². The Morgan fingerprint density at radius 2 is 0.818 bits per heavy atom.